The molecule has 0 aromatic heterocycles. The van der Waals surface area contributed by atoms with Gasteiger partial charge in [0.05, 0.1) is 3.57 Å². The van der Waals surface area contributed by atoms with Crippen LogP contribution in [0.5, 0.6) is 5.75 Å². The normalized spacial score (nSPS) is 14.6. The molecule has 0 aliphatic heterocycles. The molecule has 1 nitrogen and oxygen atoms in total. The first-order chi connectivity index (χ1) is 8.72. The van der Waals surface area contributed by atoms with Gasteiger partial charge in [0.2, 0.25) is 0 Å². The minimum Gasteiger partial charge on any atom is -0.489 e. The van der Waals surface area contributed by atoms with Crippen LogP contribution in [0, 0.1) is 3.57 Å². The van der Waals surface area contributed by atoms with E-state index in [1.807, 2.05) is 18.2 Å². The van der Waals surface area contributed by atoms with Gasteiger partial charge in [-0.05, 0) is 51.9 Å². The molecule has 0 bridgehead atoms. The second kappa shape index (κ2) is 5.10. The zero-order valence-corrected chi connectivity index (χ0v) is 12.6. The van der Waals surface area contributed by atoms with Gasteiger partial charge in [0, 0.05) is 17.9 Å². The quantitative estimate of drug-likeness (QED) is 0.708. The molecule has 2 aromatic rings. The molecule has 0 heterocycles. The predicted molar refractivity (Wildman–Crippen MR) is 82.4 cm³/mol. The highest BCUT2D eigenvalue weighted by Crippen LogP contribution is 2.30. The molecular formula is C15H12ClIO. The number of benzene rings is 2. The number of ether oxygens (including phenoxy) is 1. The summed E-state index contributed by atoms with van der Waals surface area (Å²) in [4.78, 5) is 0. The molecule has 0 amide bonds. The number of fused-ring (bicyclic) bond motifs is 1. The van der Waals surface area contributed by atoms with E-state index < -0.39 is 0 Å². The van der Waals surface area contributed by atoms with Crippen molar-refractivity contribution in [3.63, 3.8) is 0 Å². The number of hydrogen-bond donors (Lipinski definition) is 0. The van der Waals surface area contributed by atoms with Gasteiger partial charge < -0.3 is 4.74 Å². The van der Waals surface area contributed by atoms with Gasteiger partial charge in [-0.15, -0.1) is 0 Å². The highest BCUT2D eigenvalue weighted by atomic mass is 127. The summed E-state index contributed by atoms with van der Waals surface area (Å²) in [6.45, 7) is 0. The average Bonchev–Trinajstić information content (AvgIpc) is 2.76. The Kier molecular flexibility index (Phi) is 3.48. The Bertz CT molecular complexity index is 557. The largest absolute Gasteiger partial charge is 0.489 e. The second-order valence-corrected chi connectivity index (χ2v) is 6.09. The molecular weight excluding hydrogens is 359 g/mol. The third kappa shape index (κ3) is 2.50. The fraction of sp³-hybridized carbons (Fsp3) is 0.200. The minimum absolute atomic E-state index is 0.231. The van der Waals surface area contributed by atoms with Gasteiger partial charge in [0.15, 0.2) is 0 Å². The van der Waals surface area contributed by atoms with Crippen molar-refractivity contribution >= 4 is 34.2 Å². The van der Waals surface area contributed by atoms with Gasteiger partial charge in [-0.1, -0.05) is 35.9 Å². The minimum atomic E-state index is 0.231. The molecule has 2 aromatic carbocycles. The molecule has 0 saturated carbocycles. The van der Waals surface area contributed by atoms with Gasteiger partial charge >= 0.3 is 0 Å². The number of hydrogen-bond acceptors (Lipinski definition) is 1. The molecule has 1 aliphatic rings. The lowest BCUT2D eigenvalue weighted by molar-refractivity contribution is 0.212. The Morgan fingerprint density at radius 3 is 2.39 bits per heavy atom. The maximum atomic E-state index is 6.08. The van der Waals surface area contributed by atoms with Crippen molar-refractivity contribution in [2.45, 2.75) is 18.9 Å². The lowest BCUT2D eigenvalue weighted by Crippen LogP contribution is -2.16. The zero-order chi connectivity index (χ0) is 12.5. The molecule has 0 N–H and O–H groups in total. The van der Waals surface area contributed by atoms with Gasteiger partial charge in [0.25, 0.3) is 0 Å². The summed E-state index contributed by atoms with van der Waals surface area (Å²) in [5, 5.41) is 0.723. The van der Waals surface area contributed by atoms with Crippen molar-refractivity contribution in [3.05, 3.63) is 62.2 Å². The second-order valence-electron chi connectivity index (χ2n) is 4.49. The molecule has 18 heavy (non-hydrogen) atoms. The van der Waals surface area contributed by atoms with E-state index in [-0.39, 0.29) is 6.10 Å². The lowest BCUT2D eigenvalue weighted by Gasteiger charge is -2.14. The Morgan fingerprint density at radius 2 is 1.72 bits per heavy atom. The van der Waals surface area contributed by atoms with Crippen LogP contribution in [0.2, 0.25) is 5.02 Å². The van der Waals surface area contributed by atoms with E-state index in [0.29, 0.717) is 0 Å². The zero-order valence-electron chi connectivity index (χ0n) is 9.70. The predicted octanol–water partition coefficient (Wildman–Crippen LogP) is 4.49. The molecule has 3 heteroatoms. The Labute approximate surface area is 125 Å². The monoisotopic (exact) mass is 370 g/mol. The van der Waals surface area contributed by atoms with Crippen LogP contribution < -0.4 is 4.74 Å². The summed E-state index contributed by atoms with van der Waals surface area (Å²) >= 11 is 8.29. The lowest BCUT2D eigenvalue weighted by atomic mass is 10.1. The molecule has 0 atom stereocenters. The molecule has 0 fully saturated rings. The van der Waals surface area contributed by atoms with E-state index in [2.05, 4.69) is 46.9 Å². The number of rotatable bonds is 2. The van der Waals surface area contributed by atoms with Gasteiger partial charge in [-0.25, -0.2) is 0 Å². The van der Waals surface area contributed by atoms with Crippen molar-refractivity contribution in [2.75, 3.05) is 0 Å². The van der Waals surface area contributed by atoms with E-state index in [4.69, 9.17) is 16.3 Å². The third-order valence-electron chi connectivity index (χ3n) is 3.20. The van der Waals surface area contributed by atoms with Crippen LogP contribution in [0.15, 0.2) is 42.5 Å². The fourth-order valence-electron chi connectivity index (χ4n) is 2.35. The standard InChI is InChI=1S/C15H12ClIO/c16-12-5-6-14(17)15(9-12)18-13-7-10-3-1-2-4-11(10)8-13/h1-6,9,13H,7-8H2. The summed E-state index contributed by atoms with van der Waals surface area (Å²) in [6, 6.07) is 14.3. The van der Waals surface area contributed by atoms with E-state index in [9.17, 15) is 0 Å². The smallest absolute Gasteiger partial charge is 0.134 e. The van der Waals surface area contributed by atoms with Crippen molar-refractivity contribution in [2.24, 2.45) is 0 Å². The fourth-order valence-corrected chi connectivity index (χ4v) is 2.97. The molecule has 0 spiro atoms. The SMILES string of the molecule is Clc1ccc(I)c(OC2Cc3ccccc3C2)c1. The Morgan fingerprint density at radius 1 is 1.06 bits per heavy atom. The summed E-state index contributed by atoms with van der Waals surface area (Å²) in [5.74, 6) is 0.890. The van der Waals surface area contributed by atoms with Crippen molar-refractivity contribution in [3.8, 4) is 5.75 Å². The van der Waals surface area contributed by atoms with Gasteiger partial charge in [-0.3, -0.25) is 0 Å². The molecule has 3 rings (SSSR count). The number of halogens is 2. The van der Waals surface area contributed by atoms with Crippen LogP contribution in [-0.4, -0.2) is 6.10 Å². The first-order valence-electron chi connectivity index (χ1n) is 5.91. The van der Waals surface area contributed by atoms with Crippen LogP contribution in [0.1, 0.15) is 11.1 Å². The maximum Gasteiger partial charge on any atom is 0.134 e. The van der Waals surface area contributed by atoms with Crippen molar-refractivity contribution < 1.29 is 4.74 Å². The third-order valence-corrected chi connectivity index (χ3v) is 4.33. The highest BCUT2D eigenvalue weighted by Gasteiger charge is 2.22. The van der Waals surface area contributed by atoms with Crippen LogP contribution in [0.25, 0.3) is 0 Å². The van der Waals surface area contributed by atoms with E-state index in [1.54, 1.807) is 0 Å². The van der Waals surface area contributed by atoms with Crippen LogP contribution in [-0.2, 0) is 12.8 Å². The first-order valence-corrected chi connectivity index (χ1v) is 7.36. The molecule has 92 valence electrons. The first kappa shape index (κ1) is 12.3. The summed E-state index contributed by atoms with van der Waals surface area (Å²) < 4.78 is 7.18. The van der Waals surface area contributed by atoms with Crippen molar-refractivity contribution in [1.29, 1.82) is 0 Å². The topological polar surface area (TPSA) is 9.23 Å². The Hall–Kier alpha value is -0.740. The summed E-state index contributed by atoms with van der Waals surface area (Å²) in [5.41, 5.74) is 2.80. The van der Waals surface area contributed by atoms with Gasteiger partial charge in [0.1, 0.15) is 11.9 Å². The maximum absolute atomic E-state index is 6.08. The van der Waals surface area contributed by atoms with Crippen LogP contribution in [0.4, 0.5) is 0 Å². The average molecular weight is 371 g/mol. The summed E-state index contributed by atoms with van der Waals surface area (Å²) in [7, 11) is 0. The van der Waals surface area contributed by atoms with Crippen molar-refractivity contribution in [1.82, 2.24) is 0 Å². The van der Waals surface area contributed by atoms with E-state index in [0.717, 1.165) is 27.2 Å². The molecule has 1 aliphatic carbocycles. The van der Waals surface area contributed by atoms with Crippen LogP contribution >= 0.6 is 34.2 Å². The highest BCUT2D eigenvalue weighted by molar-refractivity contribution is 14.1. The van der Waals surface area contributed by atoms with E-state index >= 15 is 0 Å². The molecule has 0 unspecified atom stereocenters. The summed E-state index contributed by atoms with van der Waals surface area (Å²) in [6.07, 6.45) is 2.20. The van der Waals surface area contributed by atoms with E-state index in [1.165, 1.54) is 11.1 Å². The molecule has 0 radical (unpaired) electrons. The Balaban J connectivity index is 1.78. The van der Waals surface area contributed by atoms with Gasteiger partial charge in [-0.2, -0.15) is 0 Å². The molecule has 0 saturated heterocycles. The van der Waals surface area contributed by atoms with Crippen LogP contribution in [0.3, 0.4) is 0 Å².